The van der Waals surface area contributed by atoms with Gasteiger partial charge in [-0.3, -0.25) is 9.59 Å². The summed E-state index contributed by atoms with van der Waals surface area (Å²) in [6.07, 6.45) is 2.50. The molecular weight excluding hydrogens is 398 g/mol. The molecule has 158 valence electrons. The van der Waals surface area contributed by atoms with Gasteiger partial charge < -0.3 is 15.6 Å². The van der Waals surface area contributed by atoms with E-state index in [0.29, 0.717) is 17.8 Å². The zero-order chi connectivity index (χ0) is 22.1. The quantitative estimate of drug-likeness (QED) is 0.315. The number of H-pyrrole nitrogens is 1. The number of aromatic amines is 1. The van der Waals surface area contributed by atoms with Crippen molar-refractivity contribution in [3.05, 3.63) is 122 Å². The summed E-state index contributed by atoms with van der Waals surface area (Å²) in [5.41, 5.74) is 4.80. The first-order valence-corrected chi connectivity index (χ1v) is 10.6. The molecule has 5 nitrogen and oxygen atoms in total. The second kappa shape index (κ2) is 8.19. The molecule has 0 fully saturated rings. The predicted octanol–water partition coefficient (Wildman–Crippen LogP) is 5.21. The van der Waals surface area contributed by atoms with E-state index in [-0.39, 0.29) is 6.04 Å². The summed E-state index contributed by atoms with van der Waals surface area (Å²) in [4.78, 5) is 28.1. The third kappa shape index (κ3) is 3.69. The lowest BCUT2D eigenvalue weighted by molar-refractivity contribution is 0.773. The van der Waals surface area contributed by atoms with E-state index < -0.39 is 10.9 Å². The Kier molecular flexibility index (Phi) is 5.07. The summed E-state index contributed by atoms with van der Waals surface area (Å²) in [7, 11) is 0. The van der Waals surface area contributed by atoms with Gasteiger partial charge in [-0.2, -0.15) is 0 Å². The lowest BCUT2D eigenvalue weighted by atomic mass is 9.97. The molecule has 5 rings (SSSR count). The Morgan fingerprint density at radius 1 is 0.812 bits per heavy atom. The minimum atomic E-state index is -0.500. The van der Waals surface area contributed by atoms with E-state index in [2.05, 4.69) is 46.8 Å². The van der Waals surface area contributed by atoms with Crippen molar-refractivity contribution in [2.75, 3.05) is 10.6 Å². The highest BCUT2D eigenvalue weighted by Crippen LogP contribution is 2.30. The Hall–Kier alpha value is -4.12. The molecule has 0 radical (unpaired) electrons. The molecule has 4 aromatic carbocycles. The average Bonchev–Trinajstić information content (AvgIpc) is 3.25. The van der Waals surface area contributed by atoms with Gasteiger partial charge in [0.1, 0.15) is 11.4 Å². The number of aromatic nitrogens is 1. The highest BCUT2D eigenvalue weighted by Gasteiger charge is 2.25. The average molecular weight is 422 g/mol. The van der Waals surface area contributed by atoms with Crippen molar-refractivity contribution in [3.63, 3.8) is 0 Å². The Bertz CT molecular complexity index is 1440. The summed E-state index contributed by atoms with van der Waals surface area (Å²) >= 11 is 0. The minimum Gasteiger partial charge on any atom is -0.373 e. The largest absolute Gasteiger partial charge is 0.373 e. The maximum absolute atomic E-state index is 12.5. The Labute approximate surface area is 185 Å². The van der Waals surface area contributed by atoms with Crippen LogP contribution in [-0.2, 0) is 6.42 Å². The number of nitrogens with one attached hydrogen (secondary N) is 3. The second-order valence-corrected chi connectivity index (χ2v) is 8.08. The third-order valence-corrected chi connectivity index (χ3v) is 5.84. The predicted molar refractivity (Wildman–Crippen MR) is 131 cm³/mol. The van der Waals surface area contributed by atoms with Gasteiger partial charge in [0, 0.05) is 17.1 Å². The lowest BCUT2D eigenvalue weighted by Gasteiger charge is -2.23. The van der Waals surface area contributed by atoms with E-state index >= 15 is 0 Å². The van der Waals surface area contributed by atoms with E-state index in [4.69, 9.17) is 0 Å². The van der Waals surface area contributed by atoms with E-state index in [1.165, 1.54) is 5.56 Å². The van der Waals surface area contributed by atoms with Crippen molar-refractivity contribution in [3.8, 4) is 0 Å². The van der Waals surface area contributed by atoms with Crippen molar-refractivity contribution >= 4 is 28.0 Å². The fourth-order valence-corrected chi connectivity index (χ4v) is 4.03. The van der Waals surface area contributed by atoms with Crippen LogP contribution >= 0.6 is 0 Å². The molecule has 5 aromatic rings. The first-order valence-electron chi connectivity index (χ1n) is 10.6. The molecule has 1 atom stereocenters. The molecule has 3 N–H and O–H groups in total. The van der Waals surface area contributed by atoms with Crippen LogP contribution in [0, 0.1) is 6.92 Å². The van der Waals surface area contributed by atoms with Crippen LogP contribution in [0.15, 0.2) is 94.6 Å². The fourth-order valence-electron chi connectivity index (χ4n) is 4.03. The number of anilines is 3. The van der Waals surface area contributed by atoms with Crippen molar-refractivity contribution < 1.29 is 0 Å². The molecule has 32 heavy (non-hydrogen) atoms. The summed E-state index contributed by atoms with van der Waals surface area (Å²) in [6, 6.07) is 26.0. The molecule has 1 heterocycles. The molecule has 0 unspecified atom stereocenters. The van der Waals surface area contributed by atoms with Crippen molar-refractivity contribution in [1.82, 2.24) is 4.98 Å². The molecule has 0 aliphatic heterocycles. The van der Waals surface area contributed by atoms with Crippen LogP contribution in [0.25, 0.3) is 10.9 Å². The fraction of sp³-hybridized carbons (Fsp3) is 0.111. The van der Waals surface area contributed by atoms with Crippen LogP contribution in [0.3, 0.4) is 0 Å². The molecule has 1 aromatic heterocycles. The van der Waals surface area contributed by atoms with Gasteiger partial charge in [0.2, 0.25) is 0 Å². The molecule has 0 aliphatic carbocycles. The highest BCUT2D eigenvalue weighted by molar-refractivity contribution is 5.95. The molecule has 0 saturated carbocycles. The van der Waals surface area contributed by atoms with Crippen LogP contribution < -0.4 is 21.5 Å². The first kappa shape index (κ1) is 19.8. The van der Waals surface area contributed by atoms with Gasteiger partial charge in [0.25, 0.3) is 10.9 Å². The number of hydrogen-bond acceptors (Lipinski definition) is 4. The Balaban J connectivity index is 1.46. The number of fused-ring (bicyclic) bond motifs is 1. The van der Waals surface area contributed by atoms with E-state index in [1.807, 2.05) is 60.8 Å². The van der Waals surface area contributed by atoms with Crippen LogP contribution in [0.2, 0.25) is 0 Å². The van der Waals surface area contributed by atoms with Crippen molar-refractivity contribution in [2.24, 2.45) is 0 Å². The van der Waals surface area contributed by atoms with Gasteiger partial charge in [-0.05, 0) is 30.5 Å². The molecular formula is C27H23N3O2. The molecule has 0 spiro atoms. The summed E-state index contributed by atoms with van der Waals surface area (Å²) < 4.78 is 0. The zero-order valence-electron chi connectivity index (χ0n) is 17.7. The van der Waals surface area contributed by atoms with Gasteiger partial charge >= 0.3 is 0 Å². The molecule has 0 amide bonds. The topological polar surface area (TPSA) is 74.0 Å². The Morgan fingerprint density at radius 3 is 2.28 bits per heavy atom. The number of hydrogen-bond donors (Lipinski definition) is 3. The molecule has 0 saturated heterocycles. The number of para-hydroxylation sites is 1. The number of rotatable bonds is 7. The molecule has 0 aliphatic rings. The zero-order valence-corrected chi connectivity index (χ0v) is 17.7. The van der Waals surface area contributed by atoms with Crippen molar-refractivity contribution in [1.29, 1.82) is 0 Å². The summed E-state index contributed by atoms with van der Waals surface area (Å²) in [6.45, 7) is 2.06. The summed E-state index contributed by atoms with van der Waals surface area (Å²) in [5, 5.41) is 7.50. The third-order valence-electron chi connectivity index (χ3n) is 5.84. The monoisotopic (exact) mass is 421 g/mol. The second-order valence-electron chi connectivity index (χ2n) is 8.08. The van der Waals surface area contributed by atoms with E-state index in [9.17, 15) is 9.59 Å². The SMILES string of the molecule is Cc1ccc(C[C@@H](Nc2c(Nc3c[nH]c4ccccc34)c(=O)c2=O)c2ccccc2)cc1. The standard InChI is InChI=1S/C27H23N3O2/c1-17-11-13-18(14-12-17)15-22(19-7-3-2-4-8-19)29-24-25(27(32)26(24)31)30-23-16-28-21-10-6-5-9-20(21)23/h2-14,16,22,28-30H,15H2,1H3/t22-/m1/s1. The first-order chi connectivity index (χ1) is 15.6. The number of aryl methyl sites for hydroxylation is 1. The normalized spacial score (nSPS) is 12.2. The lowest BCUT2D eigenvalue weighted by Crippen LogP contribution is -2.37. The van der Waals surface area contributed by atoms with Crippen LogP contribution in [0.4, 0.5) is 17.1 Å². The summed E-state index contributed by atoms with van der Waals surface area (Å²) in [5.74, 6) is 0. The molecule has 5 heteroatoms. The van der Waals surface area contributed by atoms with Crippen molar-refractivity contribution in [2.45, 2.75) is 19.4 Å². The van der Waals surface area contributed by atoms with Gasteiger partial charge in [0.05, 0.1) is 11.7 Å². The molecule has 0 bridgehead atoms. The van der Waals surface area contributed by atoms with Gasteiger partial charge in [-0.1, -0.05) is 78.4 Å². The van der Waals surface area contributed by atoms with Gasteiger partial charge in [-0.15, -0.1) is 0 Å². The minimum absolute atomic E-state index is 0.147. The van der Waals surface area contributed by atoms with Crippen LogP contribution in [-0.4, -0.2) is 4.98 Å². The van der Waals surface area contributed by atoms with E-state index in [0.717, 1.165) is 27.7 Å². The van der Waals surface area contributed by atoms with Crippen LogP contribution in [0.5, 0.6) is 0 Å². The van der Waals surface area contributed by atoms with Gasteiger partial charge in [-0.25, -0.2) is 0 Å². The highest BCUT2D eigenvalue weighted by atomic mass is 16.2. The number of benzene rings is 3. The van der Waals surface area contributed by atoms with Crippen LogP contribution in [0.1, 0.15) is 22.7 Å². The maximum Gasteiger partial charge on any atom is 0.253 e. The maximum atomic E-state index is 12.5. The Morgan fingerprint density at radius 2 is 1.50 bits per heavy atom. The van der Waals surface area contributed by atoms with E-state index in [1.54, 1.807) is 0 Å². The van der Waals surface area contributed by atoms with Gasteiger partial charge in [0.15, 0.2) is 0 Å². The smallest absolute Gasteiger partial charge is 0.253 e.